The number of carbonyl (C=O) groups is 1. The van der Waals surface area contributed by atoms with Gasteiger partial charge < -0.3 is 4.90 Å². The van der Waals surface area contributed by atoms with Crippen LogP contribution in [0.5, 0.6) is 0 Å². The van der Waals surface area contributed by atoms with Crippen molar-refractivity contribution in [2.45, 2.75) is 55.2 Å². The van der Waals surface area contributed by atoms with E-state index in [4.69, 9.17) is 0 Å². The second-order valence-electron chi connectivity index (χ2n) is 11.4. The minimum absolute atomic E-state index is 0.0284. The summed E-state index contributed by atoms with van der Waals surface area (Å²) < 4.78 is 56.9. The Morgan fingerprint density at radius 3 is 1.96 bits per heavy atom. The molecule has 45 heavy (non-hydrogen) atoms. The first kappa shape index (κ1) is 34.5. The van der Waals surface area contributed by atoms with Gasteiger partial charge in [-0.2, -0.15) is 0 Å². The predicted octanol–water partition coefficient (Wildman–Crippen LogP) is 6.68. The van der Waals surface area contributed by atoms with Crippen molar-refractivity contribution in [2.75, 3.05) is 30.3 Å². The van der Waals surface area contributed by atoms with Crippen LogP contribution in [-0.2, 0) is 20.0 Å². The van der Waals surface area contributed by atoms with Crippen molar-refractivity contribution in [2.24, 2.45) is 5.41 Å². The first-order valence-electron chi connectivity index (χ1n) is 15.1. The van der Waals surface area contributed by atoms with E-state index in [2.05, 4.69) is 28.2 Å². The minimum atomic E-state index is -4.21. The van der Waals surface area contributed by atoms with Gasteiger partial charge >= 0.3 is 0 Å². The van der Waals surface area contributed by atoms with Crippen molar-refractivity contribution in [3.05, 3.63) is 96.6 Å². The highest BCUT2D eigenvalue weighted by Gasteiger charge is 2.26. The van der Waals surface area contributed by atoms with Crippen LogP contribution in [0.3, 0.4) is 0 Å². The SMILES string of the molecule is CC.CC1(C)CCN(c2ccc(C(=O)NS(=O)(=O)c3ccc4ccc(S(=O)(=O)NCCSc5ccccc5)cc4c3)cc2)CC1. The molecule has 0 aliphatic carbocycles. The van der Waals surface area contributed by atoms with Crippen LogP contribution in [0.15, 0.2) is 106 Å². The molecule has 1 amide bonds. The molecule has 4 aromatic carbocycles. The molecular weight excluding hydrogens is 627 g/mol. The molecule has 0 bridgehead atoms. The molecule has 0 saturated carbocycles. The zero-order chi connectivity index (χ0) is 32.7. The molecule has 0 atom stereocenters. The van der Waals surface area contributed by atoms with E-state index < -0.39 is 26.0 Å². The Morgan fingerprint density at radius 1 is 0.778 bits per heavy atom. The summed E-state index contributed by atoms with van der Waals surface area (Å²) in [6, 6.07) is 25.5. The van der Waals surface area contributed by atoms with E-state index in [-0.39, 0.29) is 21.9 Å². The van der Waals surface area contributed by atoms with Gasteiger partial charge in [0, 0.05) is 41.5 Å². The number of amides is 1. The molecule has 11 heteroatoms. The summed E-state index contributed by atoms with van der Waals surface area (Å²) in [6.45, 7) is 10.6. The number of nitrogens with one attached hydrogen (secondary N) is 2. The highest BCUT2D eigenvalue weighted by atomic mass is 32.2. The number of benzene rings is 4. The molecule has 1 aliphatic heterocycles. The Morgan fingerprint density at radius 2 is 1.36 bits per heavy atom. The zero-order valence-corrected chi connectivity index (χ0v) is 28.6. The van der Waals surface area contributed by atoms with Gasteiger partial charge in [0.25, 0.3) is 15.9 Å². The van der Waals surface area contributed by atoms with Gasteiger partial charge in [0.05, 0.1) is 9.79 Å². The van der Waals surface area contributed by atoms with Crippen molar-refractivity contribution in [1.82, 2.24) is 9.44 Å². The molecule has 0 unspecified atom stereocenters. The van der Waals surface area contributed by atoms with Crippen LogP contribution in [0.1, 0.15) is 50.9 Å². The monoisotopic (exact) mass is 667 g/mol. The zero-order valence-electron chi connectivity index (χ0n) is 26.1. The van der Waals surface area contributed by atoms with E-state index in [1.54, 1.807) is 36.0 Å². The molecule has 0 aromatic heterocycles. The highest BCUT2D eigenvalue weighted by molar-refractivity contribution is 7.99. The Balaban J connectivity index is 0.00000226. The largest absolute Gasteiger partial charge is 0.371 e. The lowest BCUT2D eigenvalue weighted by Crippen LogP contribution is -2.37. The number of sulfonamides is 2. The lowest BCUT2D eigenvalue weighted by Gasteiger charge is -2.38. The van der Waals surface area contributed by atoms with Crippen molar-refractivity contribution in [3.8, 4) is 0 Å². The van der Waals surface area contributed by atoms with Crippen molar-refractivity contribution >= 4 is 54.2 Å². The lowest BCUT2D eigenvalue weighted by molar-refractivity contribution is 0.0981. The number of hydrogen-bond acceptors (Lipinski definition) is 7. The van der Waals surface area contributed by atoms with Gasteiger partial charge in [-0.15, -0.1) is 11.8 Å². The van der Waals surface area contributed by atoms with Crippen molar-refractivity contribution in [1.29, 1.82) is 0 Å². The Labute approximate surface area is 271 Å². The van der Waals surface area contributed by atoms with E-state index >= 15 is 0 Å². The standard InChI is InChI=1S/C32H35N3O5S3.C2H6/c1-32(2)16-19-35(20-17-32)27-12-8-25(9-13-27)31(36)34-43(39,40)30-15-11-24-10-14-29(22-26(24)23-30)42(37,38)33-18-21-41-28-6-4-3-5-7-28;1-2/h3-15,22-23,33H,16-21H2,1-2H3,(H,34,36);1-2H3. The third-order valence-corrected chi connectivity index (χ3v) is 11.4. The number of fused-ring (bicyclic) bond motifs is 1. The van der Waals surface area contributed by atoms with Crippen LogP contribution in [-0.4, -0.2) is 48.1 Å². The third kappa shape index (κ3) is 9.09. The summed E-state index contributed by atoms with van der Waals surface area (Å²) in [6.07, 6.45) is 2.16. The molecule has 1 saturated heterocycles. The average Bonchev–Trinajstić information content (AvgIpc) is 3.04. The summed E-state index contributed by atoms with van der Waals surface area (Å²) in [7, 11) is -8.03. The number of hydrogen-bond donors (Lipinski definition) is 2. The Hall–Kier alpha value is -3.38. The lowest BCUT2D eigenvalue weighted by atomic mass is 9.82. The number of nitrogens with zero attached hydrogens (tertiary/aromatic N) is 1. The van der Waals surface area contributed by atoms with Gasteiger partial charge in [-0.3, -0.25) is 4.79 Å². The summed E-state index contributed by atoms with van der Waals surface area (Å²) in [5.74, 6) is -0.182. The number of piperidine rings is 1. The first-order valence-corrected chi connectivity index (χ1v) is 19.0. The molecule has 1 aliphatic rings. The van der Waals surface area contributed by atoms with Gasteiger partial charge in [-0.1, -0.05) is 58.0 Å². The Bertz CT molecular complexity index is 1820. The summed E-state index contributed by atoms with van der Waals surface area (Å²) in [5.41, 5.74) is 1.55. The topological polar surface area (TPSA) is 113 Å². The molecule has 0 radical (unpaired) electrons. The van der Waals surface area contributed by atoms with Gasteiger partial charge in [0.2, 0.25) is 10.0 Å². The molecular formula is C34H41N3O5S3. The Kier molecular flexibility index (Phi) is 11.4. The van der Waals surface area contributed by atoms with E-state index in [1.807, 2.05) is 56.3 Å². The smallest absolute Gasteiger partial charge is 0.264 e. The molecule has 0 spiro atoms. The number of thioether (sulfide) groups is 1. The summed E-state index contributed by atoms with van der Waals surface area (Å²) >= 11 is 1.54. The second-order valence-corrected chi connectivity index (χ2v) is 16.0. The van der Waals surface area contributed by atoms with Crippen LogP contribution in [0.4, 0.5) is 5.69 Å². The van der Waals surface area contributed by atoms with Crippen LogP contribution < -0.4 is 14.3 Å². The molecule has 5 rings (SSSR count). The van der Waals surface area contributed by atoms with Crippen LogP contribution in [0.25, 0.3) is 10.8 Å². The van der Waals surface area contributed by atoms with E-state index in [1.165, 1.54) is 24.3 Å². The quantitative estimate of drug-likeness (QED) is 0.143. The summed E-state index contributed by atoms with van der Waals surface area (Å²) in [5, 5.41) is 1.09. The maximum absolute atomic E-state index is 13.1. The molecule has 1 fully saturated rings. The maximum atomic E-state index is 13.1. The van der Waals surface area contributed by atoms with E-state index in [9.17, 15) is 21.6 Å². The fourth-order valence-electron chi connectivity index (χ4n) is 4.92. The summed E-state index contributed by atoms with van der Waals surface area (Å²) in [4.78, 5) is 16.1. The fraction of sp³-hybridized carbons (Fsp3) is 0.324. The molecule has 4 aromatic rings. The van der Waals surface area contributed by atoms with E-state index in [0.717, 1.165) is 36.5 Å². The number of anilines is 1. The van der Waals surface area contributed by atoms with Gasteiger partial charge in [0.15, 0.2) is 0 Å². The molecule has 2 N–H and O–H groups in total. The molecule has 8 nitrogen and oxygen atoms in total. The van der Waals surface area contributed by atoms with Crippen LogP contribution in [0.2, 0.25) is 0 Å². The van der Waals surface area contributed by atoms with E-state index in [0.29, 0.717) is 21.9 Å². The van der Waals surface area contributed by atoms with Gasteiger partial charge in [-0.25, -0.2) is 26.3 Å². The number of rotatable bonds is 10. The normalized spacial score (nSPS) is 14.8. The van der Waals surface area contributed by atoms with Gasteiger partial charge in [-0.05, 0) is 89.7 Å². The van der Waals surface area contributed by atoms with Crippen LogP contribution >= 0.6 is 11.8 Å². The molecule has 1 heterocycles. The predicted molar refractivity (Wildman–Crippen MR) is 184 cm³/mol. The minimum Gasteiger partial charge on any atom is -0.371 e. The molecule has 240 valence electrons. The second kappa shape index (κ2) is 14.8. The maximum Gasteiger partial charge on any atom is 0.264 e. The third-order valence-electron chi connectivity index (χ3n) is 7.65. The first-order chi connectivity index (χ1) is 21.4. The van der Waals surface area contributed by atoms with Crippen LogP contribution in [0, 0.1) is 5.41 Å². The van der Waals surface area contributed by atoms with Crippen molar-refractivity contribution in [3.63, 3.8) is 0 Å². The fourth-order valence-corrected chi connectivity index (χ4v) is 7.91. The highest BCUT2D eigenvalue weighted by Crippen LogP contribution is 2.32. The van der Waals surface area contributed by atoms with Gasteiger partial charge in [0.1, 0.15) is 0 Å². The average molecular weight is 668 g/mol. The number of carbonyl (C=O) groups excluding carboxylic acids is 1. The van der Waals surface area contributed by atoms with Crippen molar-refractivity contribution < 1.29 is 21.6 Å².